The second-order valence-electron chi connectivity index (χ2n) is 8.13. The maximum atomic E-state index is 10.6. The summed E-state index contributed by atoms with van der Waals surface area (Å²) in [6.07, 6.45) is 13.7. The van der Waals surface area contributed by atoms with Crippen LogP contribution in [0.25, 0.3) is 0 Å². The van der Waals surface area contributed by atoms with Crippen LogP contribution in [0.4, 0.5) is 0 Å². The highest BCUT2D eigenvalue weighted by molar-refractivity contribution is 5.45. The number of fused-ring (bicyclic) bond motifs is 5. The highest BCUT2D eigenvalue weighted by Gasteiger charge is 2.57. The summed E-state index contributed by atoms with van der Waals surface area (Å²) in [7, 11) is 0. The lowest BCUT2D eigenvalue weighted by atomic mass is 9.49. The Kier molecular flexibility index (Phi) is 2.68. The third kappa shape index (κ3) is 1.59. The first-order valence-electron chi connectivity index (χ1n) is 8.48. The van der Waals surface area contributed by atoms with E-state index in [1.54, 1.807) is 6.08 Å². The minimum Gasteiger partial charge on any atom is -0.507 e. The van der Waals surface area contributed by atoms with Crippen LogP contribution >= 0.6 is 0 Å². The molecule has 0 aromatic rings. The first-order chi connectivity index (χ1) is 9.97. The minimum absolute atomic E-state index is 0.0649. The Morgan fingerprint density at radius 1 is 1.05 bits per heavy atom. The topological polar surface area (TPSA) is 40.5 Å². The van der Waals surface area contributed by atoms with E-state index in [0.717, 1.165) is 12.3 Å². The fourth-order valence-corrected chi connectivity index (χ4v) is 6.08. The van der Waals surface area contributed by atoms with E-state index in [4.69, 9.17) is 0 Å². The Hall–Kier alpha value is -1.18. The van der Waals surface area contributed by atoms with Crippen molar-refractivity contribution in [1.29, 1.82) is 0 Å². The average molecular weight is 286 g/mol. The molecule has 21 heavy (non-hydrogen) atoms. The van der Waals surface area contributed by atoms with Crippen molar-refractivity contribution >= 4 is 0 Å². The molecule has 5 atom stereocenters. The van der Waals surface area contributed by atoms with E-state index in [-0.39, 0.29) is 16.9 Å². The first-order valence-corrected chi connectivity index (χ1v) is 8.48. The summed E-state index contributed by atoms with van der Waals surface area (Å²) in [6.45, 7) is 4.62. The highest BCUT2D eigenvalue weighted by atomic mass is 16.3. The van der Waals surface area contributed by atoms with Crippen LogP contribution in [0.15, 0.2) is 35.3 Å². The molecule has 2 heteroatoms. The van der Waals surface area contributed by atoms with E-state index in [0.29, 0.717) is 17.3 Å². The van der Waals surface area contributed by atoms with Crippen LogP contribution in [-0.2, 0) is 0 Å². The number of aliphatic hydroxyl groups is 2. The zero-order valence-corrected chi connectivity index (χ0v) is 13.1. The third-order valence-corrected chi connectivity index (χ3v) is 7.32. The number of rotatable bonds is 0. The van der Waals surface area contributed by atoms with Gasteiger partial charge < -0.3 is 10.2 Å². The van der Waals surface area contributed by atoms with Gasteiger partial charge in [0.2, 0.25) is 0 Å². The second kappa shape index (κ2) is 4.18. The first kappa shape index (κ1) is 13.5. The molecule has 0 aromatic carbocycles. The molecule has 0 bridgehead atoms. The number of aliphatic hydroxyl groups excluding tert-OH is 2. The maximum Gasteiger partial charge on any atom is 0.153 e. The van der Waals surface area contributed by atoms with E-state index in [1.807, 2.05) is 6.08 Å². The average Bonchev–Trinajstić information content (AvgIpc) is 2.86. The molecule has 114 valence electrons. The largest absolute Gasteiger partial charge is 0.507 e. The minimum atomic E-state index is -0.369. The van der Waals surface area contributed by atoms with E-state index in [1.165, 1.54) is 37.7 Å². The number of allylic oxidation sites excluding steroid dienone is 4. The normalized spacial score (nSPS) is 48.5. The molecule has 4 rings (SSSR count). The maximum absolute atomic E-state index is 10.6. The molecular formula is C19H26O2. The van der Waals surface area contributed by atoms with Gasteiger partial charge in [0, 0.05) is 0 Å². The van der Waals surface area contributed by atoms with Crippen molar-refractivity contribution in [2.24, 2.45) is 28.6 Å². The fraction of sp³-hybridized carbons (Fsp3) is 0.684. The molecule has 2 N–H and O–H groups in total. The molecule has 0 radical (unpaired) electrons. The molecule has 2 fully saturated rings. The van der Waals surface area contributed by atoms with Gasteiger partial charge in [-0.3, -0.25) is 0 Å². The lowest BCUT2D eigenvalue weighted by Gasteiger charge is -2.55. The molecule has 4 aliphatic rings. The summed E-state index contributed by atoms with van der Waals surface area (Å²) in [5, 5.41) is 20.6. The summed E-state index contributed by atoms with van der Waals surface area (Å²) in [5.41, 5.74) is 1.36. The van der Waals surface area contributed by atoms with Gasteiger partial charge in [-0.25, -0.2) is 0 Å². The van der Waals surface area contributed by atoms with Crippen molar-refractivity contribution in [3.8, 4) is 0 Å². The van der Waals surface area contributed by atoms with Crippen molar-refractivity contribution in [1.82, 2.24) is 0 Å². The van der Waals surface area contributed by atoms with Crippen LogP contribution in [0, 0.1) is 28.6 Å². The predicted octanol–water partition coefficient (Wildman–Crippen LogP) is 5.05. The lowest BCUT2D eigenvalue weighted by Crippen LogP contribution is -2.48. The van der Waals surface area contributed by atoms with Gasteiger partial charge in [-0.1, -0.05) is 25.5 Å². The smallest absolute Gasteiger partial charge is 0.153 e. The van der Waals surface area contributed by atoms with Gasteiger partial charge in [-0.15, -0.1) is 0 Å². The Bertz CT molecular complexity index is 570. The van der Waals surface area contributed by atoms with Gasteiger partial charge in [0.15, 0.2) is 5.76 Å². The van der Waals surface area contributed by atoms with E-state index in [2.05, 4.69) is 19.9 Å². The van der Waals surface area contributed by atoms with Crippen molar-refractivity contribution < 1.29 is 10.2 Å². The summed E-state index contributed by atoms with van der Waals surface area (Å²) in [6, 6.07) is 0. The van der Waals surface area contributed by atoms with Crippen molar-refractivity contribution in [3.63, 3.8) is 0 Å². The summed E-state index contributed by atoms with van der Waals surface area (Å²) in [4.78, 5) is 0. The second-order valence-corrected chi connectivity index (χ2v) is 8.13. The van der Waals surface area contributed by atoms with Crippen LogP contribution in [0.5, 0.6) is 0 Å². The summed E-state index contributed by atoms with van der Waals surface area (Å²) >= 11 is 0. The Morgan fingerprint density at radius 2 is 1.86 bits per heavy atom. The molecular weight excluding hydrogens is 260 g/mol. The Labute approximate surface area is 127 Å². The third-order valence-electron chi connectivity index (χ3n) is 7.32. The van der Waals surface area contributed by atoms with Crippen LogP contribution in [-0.4, -0.2) is 10.2 Å². The zero-order valence-electron chi connectivity index (χ0n) is 13.1. The highest BCUT2D eigenvalue weighted by Crippen LogP contribution is 2.64. The summed E-state index contributed by atoms with van der Waals surface area (Å²) in [5.74, 6) is 2.21. The zero-order chi connectivity index (χ0) is 14.8. The lowest BCUT2D eigenvalue weighted by molar-refractivity contribution is -0.0170. The SMILES string of the molecule is C[C@@]12CCC[C@H]1[C@@H]1CC=C3C=CC(O)=C(O)[C@]3(C)[C@H]1CC2. The molecule has 0 unspecified atom stereocenters. The van der Waals surface area contributed by atoms with Gasteiger partial charge in [0.1, 0.15) is 5.76 Å². The Morgan fingerprint density at radius 3 is 2.67 bits per heavy atom. The van der Waals surface area contributed by atoms with Crippen LogP contribution in [0.3, 0.4) is 0 Å². The van der Waals surface area contributed by atoms with E-state index in [9.17, 15) is 10.2 Å². The van der Waals surface area contributed by atoms with Crippen LogP contribution in [0.2, 0.25) is 0 Å². The molecule has 0 saturated heterocycles. The molecule has 2 nitrogen and oxygen atoms in total. The van der Waals surface area contributed by atoms with Crippen molar-refractivity contribution in [2.45, 2.75) is 52.4 Å². The fourth-order valence-electron chi connectivity index (χ4n) is 6.08. The van der Waals surface area contributed by atoms with Crippen molar-refractivity contribution in [2.75, 3.05) is 0 Å². The predicted molar refractivity (Wildman–Crippen MR) is 83.9 cm³/mol. The molecule has 4 aliphatic carbocycles. The molecule has 0 spiro atoms. The van der Waals surface area contributed by atoms with Gasteiger partial charge in [0.25, 0.3) is 0 Å². The molecule has 2 saturated carbocycles. The number of hydrogen-bond donors (Lipinski definition) is 2. The number of hydrogen-bond acceptors (Lipinski definition) is 2. The quantitative estimate of drug-likeness (QED) is 0.654. The van der Waals surface area contributed by atoms with Gasteiger partial charge in [0.05, 0.1) is 5.41 Å². The van der Waals surface area contributed by atoms with E-state index < -0.39 is 0 Å². The standard InChI is InChI=1S/C19H26O2/c1-18-10-3-4-14(18)13-7-5-12-6-8-16(20)17(21)19(12,2)15(13)9-11-18/h5-6,8,13-15,20-21H,3-4,7,9-11H2,1-2H3/t13-,14-,15-,18-,19-/m0/s1. The monoisotopic (exact) mass is 286 g/mol. The molecule has 0 heterocycles. The summed E-state index contributed by atoms with van der Waals surface area (Å²) < 4.78 is 0. The van der Waals surface area contributed by atoms with E-state index >= 15 is 0 Å². The molecule has 0 aromatic heterocycles. The Balaban J connectivity index is 1.79. The van der Waals surface area contributed by atoms with Gasteiger partial charge in [-0.2, -0.15) is 0 Å². The van der Waals surface area contributed by atoms with Crippen molar-refractivity contribution in [3.05, 3.63) is 35.3 Å². The van der Waals surface area contributed by atoms with Gasteiger partial charge >= 0.3 is 0 Å². The van der Waals surface area contributed by atoms with Gasteiger partial charge in [-0.05, 0) is 73.8 Å². The van der Waals surface area contributed by atoms with Crippen LogP contribution < -0.4 is 0 Å². The molecule has 0 aliphatic heterocycles. The molecule has 0 amide bonds. The van der Waals surface area contributed by atoms with Crippen LogP contribution in [0.1, 0.15) is 52.4 Å².